The van der Waals surface area contributed by atoms with E-state index in [9.17, 15) is 4.79 Å². The van der Waals surface area contributed by atoms with Crippen LogP contribution in [0.2, 0.25) is 5.02 Å². The largest absolute Gasteiger partial charge is 0.466 e. The van der Waals surface area contributed by atoms with Crippen molar-refractivity contribution >= 4 is 23.6 Å². The summed E-state index contributed by atoms with van der Waals surface area (Å²) in [5, 5.41) is 0.681. The van der Waals surface area contributed by atoms with Crippen LogP contribution in [0.25, 0.3) is 6.08 Å². The molecular formula is C15H20ClNO2. The van der Waals surface area contributed by atoms with Gasteiger partial charge in [-0.15, -0.1) is 0 Å². The number of rotatable bonds is 6. The maximum atomic E-state index is 11.8. The van der Waals surface area contributed by atoms with E-state index >= 15 is 0 Å². The Balaban J connectivity index is 2.95. The Kier molecular flexibility index (Phi) is 6.60. The standard InChI is InChI=1S/C15H20ClNO2/c1-4-17(5-2)11-13(15(18)19-3)10-12-6-8-14(16)9-7-12/h6-10H,4-5,11H2,1-3H3/b13-10+. The Bertz CT molecular complexity index is 436. The van der Waals surface area contributed by atoms with Gasteiger partial charge in [0.05, 0.1) is 12.7 Å². The smallest absolute Gasteiger partial charge is 0.335 e. The zero-order valence-electron chi connectivity index (χ0n) is 11.6. The third kappa shape index (κ3) is 5.05. The summed E-state index contributed by atoms with van der Waals surface area (Å²) in [6.45, 7) is 6.51. The van der Waals surface area contributed by atoms with E-state index in [0.717, 1.165) is 18.7 Å². The number of benzene rings is 1. The van der Waals surface area contributed by atoms with Gasteiger partial charge < -0.3 is 4.74 Å². The molecule has 0 amide bonds. The Labute approximate surface area is 119 Å². The molecule has 0 unspecified atom stereocenters. The average molecular weight is 282 g/mol. The highest BCUT2D eigenvalue weighted by atomic mass is 35.5. The summed E-state index contributed by atoms with van der Waals surface area (Å²) in [7, 11) is 1.40. The van der Waals surface area contributed by atoms with E-state index in [2.05, 4.69) is 18.7 Å². The second-order valence-electron chi connectivity index (χ2n) is 4.17. The first-order valence-electron chi connectivity index (χ1n) is 6.37. The molecule has 0 atom stereocenters. The molecule has 0 radical (unpaired) electrons. The van der Waals surface area contributed by atoms with Crippen molar-refractivity contribution in [3.8, 4) is 0 Å². The molecule has 19 heavy (non-hydrogen) atoms. The van der Waals surface area contributed by atoms with Crippen LogP contribution in [-0.4, -0.2) is 37.6 Å². The number of likely N-dealkylation sites (N-methyl/N-ethyl adjacent to an activating group) is 1. The van der Waals surface area contributed by atoms with Gasteiger partial charge in [-0.3, -0.25) is 4.90 Å². The number of carbonyl (C=O) groups is 1. The lowest BCUT2D eigenvalue weighted by molar-refractivity contribution is -0.136. The van der Waals surface area contributed by atoms with Crippen LogP contribution < -0.4 is 0 Å². The minimum atomic E-state index is -0.290. The van der Waals surface area contributed by atoms with Gasteiger partial charge in [0.1, 0.15) is 0 Å². The quantitative estimate of drug-likeness (QED) is 0.592. The third-order valence-electron chi connectivity index (χ3n) is 2.95. The molecular weight excluding hydrogens is 262 g/mol. The molecule has 4 heteroatoms. The van der Waals surface area contributed by atoms with E-state index in [0.29, 0.717) is 17.1 Å². The van der Waals surface area contributed by atoms with Crippen molar-refractivity contribution in [2.24, 2.45) is 0 Å². The van der Waals surface area contributed by atoms with Crippen LogP contribution in [0, 0.1) is 0 Å². The first-order valence-corrected chi connectivity index (χ1v) is 6.75. The van der Waals surface area contributed by atoms with Crippen LogP contribution in [0.4, 0.5) is 0 Å². The Morgan fingerprint density at radius 1 is 1.26 bits per heavy atom. The molecule has 0 saturated carbocycles. The van der Waals surface area contributed by atoms with E-state index in [1.807, 2.05) is 18.2 Å². The summed E-state index contributed by atoms with van der Waals surface area (Å²) >= 11 is 5.85. The molecule has 0 saturated heterocycles. The first kappa shape index (κ1) is 15.7. The SMILES string of the molecule is CCN(CC)C/C(=C\c1ccc(Cl)cc1)C(=O)OC. The molecule has 0 aliphatic rings. The molecule has 1 aromatic rings. The summed E-state index contributed by atoms with van der Waals surface area (Å²) in [6.07, 6.45) is 1.85. The first-order chi connectivity index (χ1) is 9.10. The van der Waals surface area contributed by atoms with E-state index in [1.165, 1.54) is 7.11 Å². The number of carbonyl (C=O) groups excluding carboxylic acids is 1. The van der Waals surface area contributed by atoms with E-state index < -0.39 is 0 Å². The summed E-state index contributed by atoms with van der Waals surface area (Å²) in [5.74, 6) is -0.290. The van der Waals surface area contributed by atoms with Gasteiger partial charge in [-0.2, -0.15) is 0 Å². The maximum Gasteiger partial charge on any atom is 0.335 e. The molecule has 0 aliphatic heterocycles. The molecule has 0 aromatic heterocycles. The van der Waals surface area contributed by atoms with E-state index in [4.69, 9.17) is 16.3 Å². The summed E-state index contributed by atoms with van der Waals surface area (Å²) < 4.78 is 4.84. The number of halogens is 1. The van der Waals surface area contributed by atoms with Crippen molar-refractivity contribution in [3.63, 3.8) is 0 Å². The predicted octanol–water partition coefficient (Wildman–Crippen LogP) is 3.24. The van der Waals surface area contributed by atoms with E-state index in [-0.39, 0.29) is 5.97 Å². The number of hydrogen-bond acceptors (Lipinski definition) is 3. The number of nitrogens with zero attached hydrogens (tertiary/aromatic N) is 1. The van der Waals surface area contributed by atoms with Crippen molar-refractivity contribution in [3.05, 3.63) is 40.4 Å². The number of ether oxygens (including phenoxy) is 1. The van der Waals surface area contributed by atoms with Gasteiger partial charge in [0.15, 0.2) is 0 Å². The van der Waals surface area contributed by atoms with Crippen LogP contribution in [0.1, 0.15) is 19.4 Å². The van der Waals surface area contributed by atoms with Crippen LogP contribution in [0.5, 0.6) is 0 Å². The lowest BCUT2D eigenvalue weighted by Crippen LogP contribution is -2.28. The van der Waals surface area contributed by atoms with Crippen molar-refractivity contribution in [2.75, 3.05) is 26.7 Å². The molecule has 1 rings (SSSR count). The summed E-state index contributed by atoms with van der Waals surface area (Å²) in [4.78, 5) is 14.0. The van der Waals surface area contributed by atoms with Gasteiger partial charge in [-0.1, -0.05) is 37.6 Å². The third-order valence-corrected chi connectivity index (χ3v) is 3.20. The number of esters is 1. The number of methoxy groups -OCH3 is 1. The topological polar surface area (TPSA) is 29.5 Å². The monoisotopic (exact) mass is 281 g/mol. The van der Waals surface area contributed by atoms with Crippen LogP contribution in [0.15, 0.2) is 29.8 Å². The van der Waals surface area contributed by atoms with Gasteiger partial charge in [0.2, 0.25) is 0 Å². The van der Waals surface area contributed by atoms with Crippen molar-refractivity contribution in [2.45, 2.75) is 13.8 Å². The van der Waals surface area contributed by atoms with Crippen molar-refractivity contribution < 1.29 is 9.53 Å². The lowest BCUT2D eigenvalue weighted by Gasteiger charge is -2.19. The van der Waals surface area contributed by atoms with Gasteiger partial charge in [-0.25, -0.2) is 4.79 Å². The fraction of sp³-hybridized carbons (Fsp3) is 0.400. The summed E-state index contributed by atoms with van der Waals surface area (Å²) in [5.41, 5.74) is 1.59. The Morgan fingerprint density at radius 2 is 1.84 bits per heavy atom. The molecule has 0 spiro atoms. The van der Waals surface area contributed by atoms with Gasteiger partial charge in [-0.05, 0) is 36.9 Å². The van der Waals surface area contributed by atoms with Gasteiger partial charge >= 0.3 is 5.97 Å². The second kappa shape index (κ2) is 7.97. The highest BCUT2D eigenvalue weighted by molar-refractivity contribution is 6.30. The van der Waals surface area contributed by atoms with E-state index in [1.54, 1.807) is 12.1 Å². The van der Waals surface area contributed by atoms with Gasteiger partial charge in [0, 0.05) is 11.6 Å². The Morgan fingerprint density at radius 3 is 2.32 bits per heavy atom. The van der Waals surface area contributed by atoms with Crippen molar-refractivity contribution in [1.82, 2.24) is 4.90 Å². The molecule has 0 bridgehead atoms. The van der Waals surface area contributed by atoms with Crippen LogP contribution in [-0.2, 0) is 9.53 Å². The maximum absolute atomic E-state index is 11.8. The lowest BCUT2D eigenvalue weighted by atomic mass is 10.1. The minimum Gasteiger partial charge on any atom is -0.466 e. The fourth-order valence-electron chi connectivity index (χ4n) is 1.75. The normalized spacial score (nSPS) is 11.7. The highest BCUT2D eigenvalue weighted by Crippen LogP contribution is 2.14. The molecule has 3 nitrogen and oxygen atoms in total. The molecule has 0 N–H and O–H groups in total. The zero-order valence-corrected chi connectivity index (χ0v) is 12.4. The molecule has 104 valence electrons. The van der Waals surface area contributed by atoms with Crippen LogP contribution in [0.3, 0.4) is 0 Å². The minimum absolute atomic E-state index is 0.290. The van der Waals surface area contributed by atoms with Gasteiger partial charge in [0.25, 0.3) is 0 Å². The second-order valence-corrected chi connectivity index (χ2v) is 4.61. The van der Waals surface area contributed by atoms with Crippen LogP contribution >= 0.6 is 11.6 Å². The molecule has 0 heterocycles. The van der Waals surface area contributed by atoms with Crippen molar-refractivity contribution in [1.29, 1.82) is 0 Å². The molecule has 1 aromatic carbocycles. The number of hydrogen-bond donors (Lipinski definition) is 0. The predicted molar refractivity (Wildman–Crippen MR) is 79.2 cm³/mol. The Hall–Kier alpha value is -1.32. The highest BCUT2D eigenvalue weighted by Gasteiger charge is 2.13. The fourth-order valence-corrected chi connectivity index (χ4v) is 1.87. The zero-order chi connectivity index (χ0) is 14.3. The molecule has 0 fully saturated rings. The summed E-state index contributed by atoms with van der Waals surface area (Å²) in [6, 6.07) is 7.38. The molecule has 0 aliphatic carbocycles. The average Bonchev–Trinajstić information content (AvgIpc) is 2.44.